The maximum Gasteiger partial charge on any atom is 0.280 e. The van der Waals surface area contributed by atoms with E-state index in [4.69, 9.17) is 5.73 Å². The SMILES string of the molecule is CC1(CN)CCN(c2cc(C(F)F)nc3ncnn23)C1. The summed E-state index contributed by atoms with van der Waals surface area (Å²) in [6, 6.07) is 1.38. The Bertz CT molecular complexity index is 627. The number of nitrogens with zero attached hydrogens (tertiary/aromatic N) is 5. The van der Waals surface area contributed by atoms with E-state index in [1.54, 1.807) is 0 Å². The van der Waals surface area contributed by atoms with E-state index in [0.29, 0.717) is 18.9 Å². The van der Waals surface area contributed by atoms with Crippen molar-refractivity contribution in [2.75, 3.05) is 24.5 Å². The number of fused-ring (bicyclic) bond motifs is 1. The molecule has 108 valence electrons. The molecule has 20 heavy (non-hydrogen) atoms. The van der Waals surface area contributed by atoms with Gasteiger partial charge in [0.1, 0.15) is 17.8 Å². The Balaban J connectivity index is 2.04. The standard InChI is InChI=1S/C12H16F2N6/c1-12(5-15)2-3-19(6-12)9-4-8(10(13)14)18-11-16-7-17-20(9)11/h4,7,10H,2-3,5-6,15H2,1H3. The van der Waals surface area contributed by atoms with E-state index in [1.807, 2.05) is 4.90 Å². The lowest BCUT2D eigenvalue weighted by atomic mass is 9.90. The third-order valence-corrected chi connectivity index (χ3v) is 3.85. The molecule has 2 N–H and O–H groups in total. The maximum atomic E-state index is 12.9. The van der Waals surface area contributed by atoms with E-state index in [9.17, 15) is 8.78 Å². The van der Waals surface area contributed by atoms with Crippen LogP contribution in [-0.2, 0) is 0 Å². The van der Waals surface area contributed by atoms with Gasteiger partial charge in [0, 0.05) is 19.2 Å². The van der Waals surface area contributed by atoms with E-state index >= 15 is 0 Å². The monoisotopic (exact) mass is 282 g/mol. The fourth-order valence-corrected chi connectivity index (χ4v) is 2.54. The van der Waals surface area contributed by atoms with Gasteiger partial charge >= 0.3 is 0 Å². The van der Waals surface area contributed by atoms with E-state index in [-0.39, 0.29) is 16.9 Å². The topological polar surface area (TPSA) is 72.3 Å². The number of anilines is 1. The fraction of sp³-hybridized carbons (Fsp3) is 0.583. The molecule has 0 aliphatic carbocycles. The molecule has 2 aromatic heterocycles. The average Bonchev–Trinajstić information content (AvgIpc) is 3.04. The molecule has 1 saturated heterocycles. The van der Waals surface area contributed by atoms with Crippen LogP contribution in [0.4, 0.5) is 14.6 Å². The minimum absolute atomic E-state index is 0.00116. The Morgan fingerprint density at radius 2 is 2.30 bits per heavy atom. The van der Waals surface area contributed by atoms with Gasteiger partial charge in [-0.15, -0.1) is 0 Å². The van der Waals surface area contributed by atoms with Gasteiger partial charge in [0.2, 0.25) is 0 Å². The molecular formula is C12H16F2N6. The predicted molar refractivity (Wildman–Crippen MR) is 69.7 cm³/mol. The van der Waals surface area contributed by atoms with Crippen molar-refractivity contribution in [2.45, 2.75) is 19.8 Å². The summed E-state index contributed by atoms with van der Waals surface area (Å²) >= 11 is 0. The molecule has 1 fully saturated rings. The number of halogens is 2. The van der Waals surface area contributed by atoms with Gasteiger partial charge in [-0.1, -0.05) is 6.92 Å². The average molecular weight is 282 g/mol. The molecule has 0 amide bonds. The summed E-state index contributed by atoms with van der Waals surface area (Å²) < 4.78 is 27.3. The first-order valence-electron chi connectivity index (χ1n) is 6.46. The molecular weight excluding hydrogens is 266 g/mol. The first-order valence-corrected chi connectivity index (χ1v) is 6.46. The molecule has 2 aromatic rings. The minimum Gasteiger partial charge on any atom is -0.356 e. The van der Waals surface area contributed by atoms with Crippen molar-refractivity contribution in [2.24, 2.45) is 11.1 Å². The number of alkyl halides is 2. The zero-order valence-electron chi connectivity index (χ0n) is 11.1. The molecule has 0 saturated carbocycles. The normalized spacial score (nSPS) is 23.1. The number of aromatic nitrogens is 4. The van der Waals surface area contributed by atoms with Crippen LogP contribution < -0.4 is 10.6 Å². The highest BCUT2D eigenvalue weighted by Gasteiger charge is 2.34. The van der Waals surface area contributed by atoms with Crippen LogP contribution in [0.1, 0.15) is 25.5 Å². The van der Waals surface area contributed by atoms with Crippen LogP contribution in [-0.4, -0.2) is 39.2 Å². The lowest BCUT2D eigenvalue weighted by Gasteiger charge is -2.24. The second-order valence-electron chi connectivity index (χ2n) is 5.50. The third-order valence-electron chi connectivity index (χ3n) is 3.85. The van der Waals surface area contributed by atoms with Crippen LogP contribution in [0.25, 0.3) is 5.78 Å². The van der Waals surface area contributed by atoms with Crippen LogP contribution >= 0.6 is 0 Å². The molecule has 8 heteroatoms. The van der Waals surface area contributed by atoms with Crippen molar-refractivity contribution < 1.29 is 8.78 Å². The van der Waals surface area contributed by atoms with Crippen molar-refractivity contribution >= 4 is 11.6 Å². The largest absolute Gasteiger partial charge is 0.356 e. The van der Waals surface area contributed by atoms with Gasteiger partial charge in [0.05, 0.1) is 0 Å². The number of nitrogens with two attached hydrogens (primary N) is 1. The highest BCUT2D eigenvalue weighted by Crippen LogP contribution is 2.33. The molecule has 1 aliphatic heterocycles. The third kappa shape index (κ3) is 2.09. The van der Waals surface area contributed by atoms with Crippen LogP contribution in [0.15, 0.2) is 12.4 Å². The van der Waals surface area contributed by atoms with E-state index in [1.165, 1.54) is 16.9 Å². The van der Waals surface area contributed by atoms with Gasteiger partial charge < -0.3 is 10.6 Å². The fourth-order valence-electron chi connectivity index (χ4n) is 2.54. The summed E-state index contributed by atoms with van der Waals surface area (Å²) in [6.07, 6.45) is -0.385. The Kier molecular flexibility index (Phi) is 3.04. The second kappa shape index (κ2) is 4.62. The van der Waals surface area contributed by atoms with E-state index in [0.717, 1.165) is 13.0 Å². The maximum absolute atomic E-state index is 12.9. The quantitative estimate of drug-likeness (QED) is 0.917. The van der Waals surface area contributed by atoms with Crippen molar-refractivity contribution in [3.05, 3.63) is 18.1 Å². The van der Waals surface area contributed by atoms with Gasteiger partial charge in [0.15, 0.2) is 0 Å². The van der Waals surface area contributed by atoms with Crippen LogP contribution in [0.3, 0.4) is 0 Å². The number of hydrogen-bond donors (Lipinski definition) is 1. The van der Waals surface area contributed by atoms with Gasteiger partial charge in [-0.3, -0.25) is 0 Å². The number of rotatable bonds is 3. The summed E-state index contributed by atoms with van der Waals surface area (Å²) in [4.78, 5) is 9.73. The molecule has 0 spiro atoms. The van der Waals surface area contributed by atoms with Gasteiger partial charge in [-0.2, -0.15) is 14.6 Å². The molecule has 3 heterocycles. The highest BCUT2D eigenvalue weighted by molar-refractivity contribution is 5.48. The lowest BCUT2D eigenvalue weighted by Crippen LogP contribution is -2.32. The molecule has 0 radical (unpaired) electrons. The Morgan fingerprint density at radius 3 is 2.95 bits per heavy atom. The first kappa shape index (κ1) is 13.2. The van der Waals surface area contributed by atoms with Crippen molar-refractivity contribution in [3.8, 4) is 0 Å². The van der Waals surface area contributed by atoms with Crippen LogP contribution in [0.5, 0.6) is 0 Å². The van der Waals surface area contributed by atoms with Crippen molar-refractivity contribution in [3.63, 3.8) is 0 Å². The molecule has 0 bridgehead atoms. The molecule has 1 unspecified atom stereocenters. The van der Waals surface area contributed by atoms with Crippen molar-refractivity contribution in [1.29, 1.82) is 0 Å². The van der Waals surface area contributed by atoms with Gasteiger partial charge in [0.25, 0.3) is 12.2 Å². The minimum atomic E-state index is -2.63. The number of hydrogen-bond acceptors (Lipinski definition) is 5. The Labute approximate surface area is 114 Å². The first-order chi connectivity index (χ1) is 9.52. The summed E-state index contributed by atoms with van der Waals surface area (Å²) in [5.41, 5.74) is 5.51. The summed E-state index contributed by atoms with van der Waals surface area (Å²) in [7, 11) is 0. The summed E-state index contributed by atoms with van der Waals surface area (Å²) in [5, 5.41) is 4.06. The van der Waals surface area contributed by atoms with Gasteiger partial charge in [-0.05, 0) is 18.4 Å². The lowest BCUT2D eigenvalue weighted by molar-refractivity contribution is 0.146. The Hall–Kier alpha value is -1.83. The predicted octanol–water partition coefficient (Wildman–Crippen LogP) is 1.24. The van der Waals surface area contributed by atoms with Crippen molar-refractivity contribution in [1.82, 2.24) is 19.6 Å². The summed E-state index contributed by atoms with van der Waals surface area (Å²) in [6.45, 7) is 4.14. The smallest absolute Gasteiger partial charge is 0.280 e. The van der Waals surface area contributed by atoms with Crippen LogP contribution in [0, 0.1) is 5.41 Å². The molecule has 6 nitrogen and oxygen atoms in total. The molecule has 3 rings (SSSR count). The zero-order chi connectivity index (χ0) is 14.3. The van der Waals surface area contributed by atoms with E-state index < -0.39 is 6.43 Å². The molecule has 0 aromatic carbocycles. The Morgan fingerprint density at radius 1 is 1.50 bits per heavy atom. The summed E-state index contributed by atoms with van der Waals surface area (Å²) in [5.74, 6) is 0.791. The van der Waals surface area contributed by atoms with E-state index in [2.05, 4.69) is 22.0 Å². The highest BCUT2D eigenvalue weighted by atomic mass is 19.3. The molecule has 1 aliphatic rings. The molecule has 1 atom stereocenters. The van der Waals surface area contributed by atoms with Crippen LogP contribution in [0.2, 0.25) is 0 Å². The van der Waals surface area contributed by atoms with Gasteiger partial charge in [-0.25, -0.2) is 13.8 Å². The second-order valence-corrected chi connectivity index (χ2v) is 5.50. The zero-order valence-corrected chi connectivity index (χ0v) is 11.1.